The van der Waals surface area contributed by atoms with E-state index in [2.05, 4.69) is 0 Å². The molecule has 1 saturated heterocycles. The monoisotopic (exact) mass is 348 g/mol. The van der Waals surface area contributed by atoms with Gasteiger partial charge in [-0.15, -0.1) is 0 Å². The van der Waals surface area contributed by atoms with Crippen molar-refractivity contribution in [3.05, 3.63) is 39.9 Å². The van der Waals surface area contributed by atoms with Gasteiger partial charge in [-0.05, 0) is 26.2 Å². The van der Waals surface area contributed by atoms with Gasteiger partial charge in [-0.1, -0.05) is 25.1 Å². The predicted molar refractivity (Wildman–Crippen MR) is 92.0 cm³/mol. The number of nitro groups is 1. The van der Waals surface area contributed by atoms with Gasteiger partial charge in [0.25, 0.3) is 5.69 Å². The summed E-state index contributed by atoms with van der Waals surface area (Å²) >= 11 is 0. The lowest BCUT2D eigenvalue weighted by atomic mass is 9.74. The highest BCUT2D eigenvalue weighted by Crippen LogP contribution is 2.38. The number of ether oxygens (including phenoxy) is 1. The summed E-state index contributed by atoms with van der Waals surface area (Å²) in [7, 11) is 0. The van der Waals surface area contributed by atoms with Gasteiger partial charge >= 0.3 is 5.97 Å². The molecule has 25 heavy (non-hydrogen) atoms. The number of para-hydroxylation sites is 1. The fraction of sp³-hybridized carbons (Fsp3) is 0.556. The van der Waals surface area contributed by atoms with E-state index in [9.17, 15) is 19.7 Å². The standard InChI is InChI=1S/C18H24N2O5/c1-3-11-19-12-7-10-18(16(19)21,17(22)25-4-2)13-14-8-5-6-9-15(14)20(23)24/h5-6,8-9H,3-4,7,10-13H2,1-2H3. The van der Waals surface area contributed by atoms with Crippen LogP contribution in [0.5, 0.6) is 0 Å². The van der Waals surface area contributed by atoms with Crippen LogP contribution in [-0.2, 0) is 20.7 Å². The van der Waals surface area contributed by atoms with Gasteiger partial charge in [0.05, 0.1) is 11.5 Å². The zero-order valence-electron chi connectivity index (χ0n) is 14.7. The third kappa shape index (κ3) is 3.81. The van der Waals surface area contributed by atoms with Gasteiger partial charge in [0.1, 0.15) is 0 Å². The van der Waals surface area contributed by atoms with E-state index in [0.29, 0.717) is 31.5 Å². The maximum atomic E-state index is 13.1. The number of piperidine rings is 1. The smallest absolute Gasteiger partial charge is 0.321 e. The Morgan fingerprint density at radius 2 is 2.08 bits per heavy atom. The fourth-order valence-electron chi connectivity index (χ4n) is 3.42. The second-order valence-electron chi connectivity index (χ2n) is 6.26. The quantitative estimate of drug-likeness (QED) is 0.327. The summed E-state index contributed by atoms with van der Waals surface area (Å²) < 4.78 is 5.20. The molecule has 0 spiro atoms. The summed E-state index contributed by atoms with van der Waals surface area (Å²) in [5.74, 6) is -0.865. The molecule has 0 radical (unpaired) electrons. The number of amides is 1. The molecule has 1 atom stereocenters. The first-order chi connectivity index (χ1) is 12.0. The Morgan fingerprint density at radius 3 is 2.72 bits per heavy atom. The van der Waals surface area contributed by atoms with Crippen LogP contribution in [-0.4, -0.2) is 41.4 Å². The van der Waals surface area contributed by atoms with E-state index >= 15 is 0 Å². The Balaban J connectivity index is 2.45. The first kappa shape index (κ1) is 18.9. The zero-order chi connectivity index (χ0) is 18.4. The number of hydrogen-bond donors (Lipinski definition) is 0. The van der Waals surface area contributed by atoms with Gasteiger partial charge in [-0.3, -0.25) is 19.7 Å². The highest BCUT2D eigenvalue weighted by Gasteiger charge is 2.51. The van der Waals surface area contributed by atoms with Gasteiger partial charge in [0.15, 0.2) is 5.41 Å². The van der Waals surface area contributed by atoms with Crippen molar-refractivity contribution in [1.29, 1.82) is 0 Å². The van der Waals surface area contributed by atoms with Gasteiger partial charge in [-0.25, -0.2) is 0 Å². The van der Waals surface area contributed by atoms with E-state index in [0.717, 1.165) is 6.42 Å². The largest absolute Gasteiger partial charge is 0.465 e. The minimum atomic E-state index is -1.38. The van der Waals surface area contributed by atoms with Crippen molar-refractivity contribution in [3.8, 4) is 0 Å². The summed E-state index contributed by atoms with van der Waals surface area (Å²) in [6, 6.07) is 6.25. The summed E-state index contributed by atoms with van der Waals surface area (Å²) in [5, 5.41) is 11.3. The molecule has 1 heterocycles. The van der Waals surface area contributed by atoms with Gasteiger partial charge in [-0.2, -0.15) is 0 Å². The first-order valence-corrected chi connectivity index (χ1v) is 8.65. The molecule has 1 aliphatic rings. The molecular weight excluding hydrogens is 324 g/mol. The molecule has 1 unspecified atom stereocenters. The highest BCUT2D eigenvalue weighted by atomic mass is 16.6. The zero-order valence-corrected chi connectivity index (χ0v) is 14.7. The Labute approximate surface area is 147 Å². The molecular formula is C18H24N2O5. The van der Waals surface area contributed by atoms with E-state index in [1.807, 2.05) is 6.92 Å². The SMILES string of the molecule is CCCN1CCCC(Cc2ccccc2[N+](=O)[O-])(C(=O)OCC)C1=O. The van der Waals surface area contributed by atoms with Crippen LogP contribution in [0.15, 0.2) is 24.3 Å². The number of likely N-dealkylation sites (tertiary alicyclic amines) is 1. The first-order valence-electron chi connectivity index (χ1n) is 8.65. The predicted octanol–water partition coefficient (Wildman–Crippen LogP) is 2.72. The van der Waals surface area contributed by atoms with Gasteiger partial charge in [0, 0.05) is 31.1 Å². The van der Waals surface area contributed by atoms with Crippen LogP contribution < -0.4 is 0 Å². The molecule has 1 amide bonds. The number of nitrogens with zero attached hydrogens (tertiary/aromatic N) is 2. The lowest BCUT2D eigenvalue weighted by Gasteiger charge is -2.39. The second-order valence-corrected chi connectivity index (χ2v) is 6.26. The van der Waals surface area contributed by atoms with Crippen LogP contribution in [0.4, 0.5) is 5.69 Å². The van der Waals surface area contributed by atoms with E-state index in [1.165, 1.54) is 6.07 Å². The van der Waals surface area contributed by atoms with Crippen LogP contribution in [0.3, 0.4) is 0 Å². The van der Waals surface area contributed by atoms with Crippen molar-refractivity contribution in [2.45, 2.75) is 39.5 Å². The molecule has 1 fully saturated rings. The van der Waals surface area contributed by atoms with Crippen LogP contribution in [0.25, 0.3) is 0 Å². The summed E-state index contributed by atoms with van der Waals surface area (Å²) in [6.07, 6.45) is 1.79. The molecule has 136 valence electrons. The van der Waals surface area contributed by atoms with E-state index in [1.54, 1.807) is 30.0 Å². The average Bonchev–Trinajstić information content (AvgIpc) is 2.59. The highest BCUT2D eigenvalue weighted by molar-refractivity contribution is 6.03. The molecule has 1 aliphatic heterocycles. The summed E-state index contributed by atoms with van der Waals surface area (Å²) in [5.41, 5.74) is -1.07. The molecule has 0 aromatic heterocycles. The molecule has 1 aromatic rings. The van der Waals surface area contributed by atoms with Crippen LogP contribution in [0.1, 0.15) is 38.7 Å². The number of esters is 1. The third-order valence-electron chi connectivity index (χ3n) is 4.57. The molecule has 0 aliphatic carbocycles. The third-order valence-corrected chi connectivity index (χ3v) is 4.57. The molecule has 0 N–H and O–H groups in total. The molecule has 2 rings (SSSR count). The molecule has 7 nitrogen and oxygen atoms in total. The van der Waals surface area contributed by atoms with Crippen molar-refractivity contribution in [2.24, 2.45) is 5.41 Å². The van der Waals surface area contributed by atoms with Crippen molar-refractivity contribution in [1.82, 2.24) is 4.90 Å². The van der Waals surface area contributed by atoms with Gasteiger partial charge < -0.3 is 9.64 Å². The van der Waals surface area contributed by atoms with E-state index in [-0.39, 0.29) is 24.6 Å². The topological polar surface area (TPSA) is 89.8 Å². The normalized spacial score (nSPS) is 20.4. The second kappa shape index (κ2) is 8.09. The average molecular weight is 348 g/mol. The summed E-state index contributed by atoms with van der Waals surface area (Å²) in [6.45, 7) is 4.99. The lowest BCUT2D eigenvalue weighted by molar-refractivity contribution is -0.385. The number of carbonyl (C=O) groups is 2. The van der Waals surface area contributed by atoms with Crippen molar-refractivity contribution < 1.29 is 19.2 Å². The minimum absolute atomic E-state index is 0.0119. The number of rotatable bonds is 7. The summed E-state index contributed by atoms with van der Waals surface area (Å²) in [4.78, 5) is 38.3. The number of carbonyl (C=O) groups excluding carboxylic acids is 2. The molecule has 0 saturated carbocycles. The number of nitro benzene ring substituents is 1. The lowest BCUT2D eigenvalue weighted by Crippen LogP contribution is -2.54. The maximum absolute atomic E-state index is 13.1. The molecule has 7 heteroatoms. The Kier molecular flexibility index (Phi) is 6.12. The minimum Gasteiger partial charge on any atom is -0.465 e. The Bertz CT molecular complexity index is 659. The fourth-order valence-corrected chi connectivity index (χ4v) is 3.42. The van der Waals surface area contributed by atoms with Crippen molar-refractivity contribution in [3.63, 3.8) is 0 Å². The van der Waals surface area contributed by atoms with Crippen LogP contribution in [0.2, 0.25) is 0 Å². The van der Waals surface area contributed by atoms with Crippen molar-refractivity contribution in [2.75, 3.05) is 19.7 Å². The molecule has 1 aromatic carbocycles. The molecule has 0 bridgehead atoms. The maximum Gasteiger partial charge on any atom is 0.321 e. The van der Waals surface area contributed by atoms with Gasteiger partial charge in [0.2, 0.25) is 5.91 Å². The number of benzene rings is 1. The van der Waals surface area contributed by atoms with E-state index < -0.39 is 16.3 Å². The Morgan fingerprint density at radius 1 is 1.36 bits per heavy atom. The van der Waals surface area contributed by atoms with Crippen molar-refractivity contribution >= 4 is 17.6 Å². The Hall–Kier alpha value is -2.44. The van der Waals surface area contributed by atoms with E-state index in [4.69, 9.17) is 4.74 Å². The van der Waals surface area contributed by atoms with Crippen LogP contribution in [0, 0.1) is 15.5 Å². The number of hydrogen-bond acceptors (Lipinski definition) is 5. The van der Waals surface area contributed by atoms with Crippen LogP contribution >= 0.6 is 0 Å².